The van der Waals surface area contributed by atoms with E-state index in [1.807, 2.05) is 24.3 Å². The van der Waals surface area contributed by atoms with Gasteiger partial charge in [0.25, 0.3) is 0 Å². The molecule has 2 nitrogen and oxygen atoms in total. The summed E-state index contributed by atoms with van der Waals surface area (Å²) in [7, 11) is 1.69. The van der Waals surface area contributed by atoms with Crippen LogP contribution >= 0.6 is 15.9 Å². The van der Waals surface area contributed by atoms with Gasteiger partial charge in [-0.1, -0.05) is 53.7 Å². The predicted molar refractivity (Wildman–Crippen MR) is 82.4 cm³/mol. The summed E-state index contributed by atoms with van der Waals surface area (Å²) in [5.74, 6) is 1.68. The van der Waals surface area contributed by atoms with Gasteiger partial charge < -0.3 is 9.47 Å². The minimum atomic E-state index is 0.289. The van der Waals surface area contributed by atoms with Crippen LogP contribution in [0.2, 0.25) is 0 Å². The van der Waals surface area contributed by atoms with Crippen molar-refractivity contribution in [3.05, 3.63) is 24.3 Å². The van der Waals surface area contributed by atoms with Gasteiger partial charge in [0.15, 0.2) is 11.5 Å². The van der Waals surface area contributed by atoms with E-state index in [4.69, 9.17) is 9.47 Å². The van der Waals surface area contributed by atoms with Crippen molar-refractivity contribution in [2.45, 2.75) is 38.5 Å². The average Bonchev–Trinajstić information content (AvgIpc) is 2.71. The van der Waals surface area contributed by atoms with Crippen LogP contribution in [-0.4, -0.2) is 19.0 Å². The first-order valence-electron chi connectivity index (χ1n) is 7.11. The van der Waals surface area contributed by atoms with Gasteiger partial charge in [0.2, 0.25) is 0 Å². The first-order valence-corrected chi connectivity index (χ1v) is 8.24. The van der Waals surface area contributed by atoms with Crippen LogP contribution in [0, 0.1) is 5.41 Å². The molecule has 0 atom stereocenters. The monoisotopic (exact) mass is 326 g/mol. The molecule has 2 rings (SSSR count). The Bertz CT molecular complexity index is 384. The minimum Gasteiger partial charge on any atom is -0.493 e. The Morgan fingerprint density at radius 3 is 2.26 bits per heavy atom. The van der Waals surface area contributed by atoms with E-state index < -0.39 is 0 Å². The molecule has 0 heterocycles. The average molecular weight is 327 g/mol. The maximum atomic E-state index is 6.06. The Morgan fingerprint density at radius 1 is 1.05 bits per heavy atom. The fourth-order valence-electron chi connectivity index (χ4n) is 2.76. The molecule has 0 unspecified atom stereocenters. The van der Waals surface area contributed by atoms with Gasteiger partial charge in [0, 0.05) is 10.7 Å². The summed E-state index contributed by atoms with van der Waals surface area (Å²) in [6.07, 6.45) is 7.88. The molecule has 0 aliphatic heterocycles. The third-order valence-corrected chi connectivity index (χ3v) is 5.24. The molecule has 1 aliphatic rings. The van der Waals surface area contributed by atoms with Gasteiger partial charge in [0.1, 0.15) is 0 Å². The molecular weight excluding hydrogens is 304 g/mol. The number of halogens is 1. The van der Waals surface area contributed by atoms with E-state index in [0.29, 0.717) is 0 Å². The Kier molecular flexibility index (Phi) is 5.56. The Labute approximate surface area is 124 Å². The van der Waals surface area contributed by atoms with Crippen molar-refractivity contribution in [2.75, 3.05) is 19.0 Å². The summed E-state index contributed by atoms with van der Waals surface area (Å²) in [6.45, 7) is 0.776. The molecule has 1 aromatic carbocycles. The Morgan fingerprint density at radius 2 is 1.68 bits per heavy atom. The van der Waals surface area contributed by atoms with E-state index in [1.54, 1.807) is 7.11 Å². The highest BCUT2D eigenvalue weighted by atomic mass is 79.9. The SMILES string of the molecule is COc1ccccc1OCC1(CBr)CCCCCC1. The van der Waals surface area contributed by atoms with E-state index >= 15 is 0 Å². The van der Waals surface area contributed by atoms with Gasteiger partial charge >= 0.3 is 0 Å². The molecule has 1 saturated carbocycles. The summed E-state index contributed by atoms with van der Waals surface area (Å²) in [4.78, 5) is 0. The van der Waals surface area contributed by atoms with Gasteiger partial charge in [-0.05, 0) is 25.0 Å². The number of alkyl halides is 1. The second-order valence-electron chi connectivity index (χ2n) is 5.49. The zero-order valence-electron chi connectivity index (χ0n) is 11.7. The lowest BCUT2D eigenvalue weighted by Crippen LogP contribution is -2.30. The van der Waals surface area contributed by atoms with Crippen molar-refractivity contribution in [3.8, 4) is 11.5 Å². The van der Waals surface area contributed by atoms with Crippen LogP contribution in [0.5, 0.6) is 11.5 Å². The lowest BCUT2D eigenvalue weighted by molar-refractivity contribution is 0.145. The van der Waals surface area contributed by atoms with Crippen molar-refractivity contribution in [1.29, 1.82) is 0 Å². The Hall–Kier alpha value is -0.700. The number of methoxy groups -OCH3 is 1. The zero-order valence-corrected chi connectivity index (χ0v) is 13.2. The predicted octanol–water partition coefficient (Wildman–Crippen LogP) is 4.81. The third-order valence-electron chi connectivity index (χ3n) is 4.05. The summed E-state index contributed by atoms with van der Waals surface area (Å²) < 4.78 is 11.4. The van der Waals surface area contributed by atoms with Crippen LogP contribution in [0.1, 0.15) is 38.5 Å². The number of para-hydroxylation sites is 2. The van der Waals surface area contributed by atoms with Crippen molar-refractivity contribution in [2.24, 2.45) is 5.41 Å². The first kappa shape index (κ1) is 14.7. The van der Waals surface area contributed by atoms with E-state index in [1.165, 1.54) is 38.5 Å². The maximum absolute atomic E-state index is 6.06. The molecule has 19 heavy (non-hydrogen) atoms. The quantitative estimate of drug-likeness (QED) is 0.571. The highest BCUT2D eigenvalue weighted by molar-refractivity contribution is 9.09. The van der Waals surface area contributed by atoms with Gasteiger partial charge in [-0.2, -0.15) is 0 Å². The smallest absolute Gasteiger partial charge is 0.161 e. The van der Waals surface area contributed by atoms with Crippen LogP contribution in [0.25, 0.3) is 0 Å². The molecule has 0 N–H and O–H groups in total. The highest BCUT2D eigenvalue weighted by Gasteiger charge is 2.31. The summed E-state index contributed by atoms with van der Waals surface area (Å²) in [5, 5.41) is 1.02. The van der Waals surface area contributed by atoms with Crippen molar-refractivity contribution < 1.29 is 9.47 Å². The third kappa shape index (κ3) is 3.88. The molecule has 0 aromatic heterocycles. The fourth-order valence-corrected chi connectivity index (χ4v) is 3.49. The second-order valence-corrected chi connectivity index (χ2v) is 6.05. The Balaban J connectivity index is 2.02. The first-order chi connectivity index (χ1) is 9.29. The molecule has 0 bridgehead atoms. The largest absolute Gasteiger partial charge is 0.493 e. The molecular formula is C16H23BrO2. The van der Waals surface area contributed by atoms with Gasteiger partial charge in [-0.15, -0.1) is 0 Å². The zero-order chi connectivity index (χ0) is 13.6. The number of rotatable bonds is 5. The lowest BCUT2D eigenvalue weighted by atomic mass is 9.83. The van der Waals surface area contributed by atoms with Gasteiger partial charge in [0.05, 0.1) is 13.7 Å². The van der Waals surface area contributed by atoms with Crippen LogP contribution in [0.15, 0.2) is 24.3 Å². The maximum Gasteiger partial charge on any atom is 0.161 e. The van der Waals surface area contributed by atoms with Crippen molar-refractivity contribution >= 4 is 15.9 Å². The number of hydrogen-bond acceptors (Lipinski definition) is 2. The van der Waals surface area contributed by atoms with Crippen LogP contribution in [0.3, 0.4) is 0 Å². The molecule has 0 spiro atoms. The van der Waals surface area contributed by atoms with Crippen molar-refractivity contribution in [1.82, 2.24) is 0 Å². The topological polar surface area (TPSA) is 18.5 Å². The number of benzene rings is 1. The second kappa shape index (κ2) is 7.18. The normalized spacial score (nSPS) is 18.6. The lowest BCUT2D eigenvalue weighted by Gasteiger charge is -2.30. The molecule has 106 valence electrons. The molecule has 0 amide bonds. The van der Waals surface area contributed by atoms with E-state index in [2.05, 4.69) is 15.9 Å². The number of ether oxygens (including phenoxy) is 2. The molecule has 0 radical (unpaired) electrons. The van der Waals surface area contributed by atoms with E-state index in [9.17, 15) is 0 Å². The van der Waals surface area contributed by atoms with Gasteiger partial charge in [-0.25, -0.2) is 0 Å². The molecule has 3 heteroatoms. The fraction of sp³-hybridized carbons (Fsp3) is 0.625. The van der Waals surface area contributed by atoms with E-state index in [-0.39, 0.29) is 5.41 Å². The van der Waals surface area contributed by atoms with Crippen LogP contribution in [-0.2, 0) is 0 Å². The molecule has 0 saturated heterocycles. The number of hydrogen-bond donors (Lipinski definition) is 0. The van der Waals surface area contributed by atoms with Crippen molar-refractivity contribution in [3.63, 3.8) is 0 Å². The molecule has 1 aliphatic carbocycles. The molecule has 1 fully saturated rings. The summed E-state index contributed by atoms with van der Waals surface area (Å²) in [6, 6.07) is 7.89. The van der Waals surface area contributed by atoms with Gasteiger partial charge in [-0.3, -0.25) is 0 Å². The van der Waals surface area contributed by atoms with Crippen LogP contribution in [0.4, 0.5) is 0 Å². The molecule has 1 aromatic rings. The highest BCUT2D eigenvalue weighted by Crippen LogP contribution is 2.38. The standard InChI is InChI=1S/C16H23BrO2/c1-18-14-8-4-5-9-15(14)19-13-16(12-17)10-6-2-3-7-11-16/h4-5,8-9H,2-3,6-7,10-13H2,1H3. The van der Waals surface area contributed by atoms with Crippen LogP contribution < -0.4 is 9.47 Å². The summed E-state index contributed by atoms with van der Waals surface area (Å²) in [5.41, 5.74) is 0.289. The van der Waals surface area contributed by atoms with E-state index in [0.717, 1.165) is 23.4 Å². The summed E-state index contributed by atoms with van der Waals surface area (Å²) >= 11 is 3.70. The minimum absolute atomic E-state index is 0.289.